The maximum atomic E-state index is 11.5. The van der Waals surface area contributed by atoms with Gasteiger partial charge in [-0.3, -0.25) is 9.59 Å². The van der Waals surface area contributed by atoms with Crippen LogP contribution in [-0.2, 0) is 19.1 Å². The maximum absolute atomic E-state index is 11.5. The smallest absolute Gasteiger partial charge is 0.341 e. The van der Waals surface area contributed by atoms with Crippen LogP contribution >= 0.6 is 11.6 Å². The number of aromatic nitrogens is 1. The Bertz CT molecular complexity index is 518. The summed E-state index contributed by atoms with van der Waals surface area (Å²) in [6.45, 7) is 0. The zero-order valence-corrected chi connectivity index (χ0v) is 11.0. The maximum Gasteiger partial charge on any atom is 0.341 e. The number of hydrogen-bond donors (Lipinski definition) is 1. The molecule has 0 aromatic carbocycles. The first kappa shape index (κ1) is 14.9. The van der Waals surface area contributed by atoms with Gasteiger partial charge < -0.3 is 14.8 Å². The zero-order valence-electron chi connectivity index (χ0n) is 10.2. The molecule has 0 fully saturated rings. The second kappa shape index (κ2) is 6.69. The lowest BCUT2D eigenvalue weighted by atomic mass is 10.2. The second-order valence-electron chi connectivity index (χ2n) is 3.34. The lowest BCUT2D eigenvalue weighted by Crippen LogP contribution is -2.20. The third-order valence-electron chi connectivity index (χ3n) is 2.05. The Labute approximate surface area is 113 Å². The number of carbonyl (C=O) groups excluding carboxylic acids is 3. The van der Waals surface area contributed by atoms with Crippen LogP contribution in [0.15, 0.2) is 12.3 Å². The highest BCUT2D eigenvalue weighted by Crippen LogP contribution is 2.18. The van der Waals surface area contributed by atoms with Crippen molar-refractivity contribution in [3.05, 3.63) is 22.8 Å². The van der Waals surface area contributed by atoms with Gasteiger partial charge in [0, 0.05) is 6.20 Å². The molecule has 0 saturated carbocycles. The molecule has 0 unspecified atom stereocenters. The Morgan fingerprint density at radius 1 is 1.32 bits per heavy atom. The molecule has 1 aromatic rings. The summed E-state index contributed by atoms with van der Waals surface area (Å²) in [6, 6.07) is 1.30. The fraction of sp³-hybridized carbons (Fsp3) is 0.273. The Hall–Kier alpha value is -2.15. The molecule has 1 heterocycles. The van der Waals surface area contributed by atoms with Crippen molar-refractivity contribution in [1.29, 1.82) is 0 Å². The van der Waals surface area contributed by atoms with Crippen molar-refractivity contribution >= 4 is 35.3 Å². The summed E-state index contributed by atoms with van der Waals surface area (Å²) in [5.41, 5.74) is -0.00628. The number of methoxy groups -OCH3 is 2. The third kappa shape index (κ3) is 4.22. The van der Waals surface area contributed by atoms with Crippen LogP contribution in [0.1, 0.15) is 16.8 Å². The molecule has 0 bridgehead atoms. The van der Waals surface area contributed by atoms with Gasteiger partial charge in [-0.25, -0.2) is 9.78 Å². The molecule has 0 aliphatic rings. The molecular weight excluding hydrogens is 276 g/mol. The third-order valence-corrected chi connectivity index (χ3v) is 2.26. The Morgan fingerprint density at radius 3 is 2.58 bits per heavy atom. The molecule has 0 atom stereocenters. The molecule has 1 amide bonds. The molecule has 0 saturated heterocycles. The molecule has 1 rings (SSSR count). The minimum atomic E-state index is -0.705. The van der Waals surface area contributed by atoms with E-state index in [-0.39, 0.29) is 16.4 Å². The number of hydrogen-bond acceptors (Lipinski definition) is 6. The van der Waals surface area contributed by atoms with Crippen molar-refractivity contribution < 1.29 is 23.9 Å². The number of nitrogens with zero attached hydrogens (tertiary/aromatic N) is 1. The normalized spacial score (nSPS) is 9.63. The van der Waals surface area contributed by atoms with E-state index in [2.05, 4.69) is 19.8 Å². The van der Waals surface area contributed by atoms with E-state index in [9.17, 15) is 14.4 Å². The summed E-state index contributed by atoms with van der Waals surface area (Å²) in [7, 11) is 2.35. The van der Waals surface area contributed by atoms with Crippen molar-refractivity contribution in [2.24, 2.45) is 0 Å². The van der Waals surface area contributed by atoms with E-state index >= 15 is 0 Å². The molecule has 0 aliphatic carbocycles. The summed E-state index contributed by atoms with van der Waals surface area (Å²) in [5, 5.41) is 2.52. The Kier molecular flexibility index (Phi) is 5.25. The summed E-state index contributed by atoms with van der Waals surface area (Å²) in [5.74, 6) is -2.11. The molecule has 1 aromatic heterocycles. The van der Waals surface area contributed by atoms with Gasteiger partial charge in [-0.1, -0.05) is 11.6 Å². The highest BCUT2D eigenvalue weighted by molar-refractivity contribution is 6.31. The topological polar surface area (TPSA) is 94.6 Å². The molecule has 102 valence electrons. The number of carbonyl (C=O) groups is 3. The van der Waals surface area contributed by atoms with Crippen LogP contribution in [0.25, 0.3) is 0 Å². The number of nitrogens with one attached hydrogen (secondary N) is 1. The lowest BCUT2D eigenvalue weighted by molar-refractivity contribution is -0.142. The number of anilines is 1. The molecule has 0 aliphatic heterocycles. The quantitative estimate of drug-likeness (QED) is 0.656. The number of esters is 2. The van der Waals surface area contributed by atoms with Crippen LogP contribution in [0.3, 0.4) is 0 Å². The van der Waals surface area contributed by atoms with Crippen molar-refractivity contribution in [2.75, 3.05) is 19.5 Å². The van der Waals surface area contributed by atoms with Gasteiger partial charge >= 0.3 is 11.9 Å². The number of ether oxygens (including phenoxy) is 2. The fourth-order valence-corrected chi connectivity index (χ4v) is 1.34. The monoisotopic (exact) mass is 286 g/mol. The van der Waals surface area contributed by atoms with Gasteiger partial charge in [0.1, 0.15) is 17.8 Å². The summed E-state index contributed by atoms with van der Waals surface area (Å²) >= 11 is 5.70. The van der Waals surface area contributed by atoms with Crippen LogP contribution in [0.5, 0.6) is 0 Å². The number of halogens is 1. The van der Waals surface area contributed by atoms with E-state index in [1.165, 1.54) is 19.4 Å². The first-order valence-corrected chi connectivity index (χ1v) is 5.46. The zero-order chi connectivity index (χ0) is 14.4. The van der Waals surface area contributed by atoms with Crippen LogP contribution in [-0.4, -0.2) is 37.0 Å². The van der Waals surface area contributed by atoms with Crippen LogP contribution in [0.2, 0.25) is 5.02 Å². The van der Waals surface area contributed by atoms with Gasteiger partial charge in [0.2, 0.25) is 5.91 Å². The Morgan fingerprint density at radius 2 is 2.00 bits per heavy atom. The molecule has 1 N–H and O–H groups in total. The highest BCUT2D eigenvalue weighted by atomic mass is 35.5. The summed E-state index contributed by atoms with van der Waals surface area (Å²) in [4.78, 5) is 37.7. The molecule has 19 heavy (non-hydrogen) atoms. The van der Waals surface area contributed by atoms with Crippen molar-refractivity contribution in [1.82, 2.24) is 4.98 Å². The van der Waals surface area contributed by atoms with E-state index in [0.29, 0.717) is 0 Å². The van der Waals surface area contributed by atoms with Gasteiger partial charge in [-0.2, -0.15) is 0 Å². The highest BCUT2D eigenvalue weighted by Gasteiger charge is 2.17. The van der Waals surface area contributed by atoms with E-state index in [1.54, 1.807) is 0 Å². The van der Waals surface area contributed by atoms with Gasteiger partial charge in [0.15, 0.2) is 0 Å². The largest absolute Gasteiger partial charge is 0.469 e. The first-order chi connectivity index (χ1) is 8.97. The SMILES string of the molecule is COC(=O)CC(=O)Nc1ncc(Cl)cc1C(=O)OC. The molecule has 8 heteroatoms. The van der Waals surface area contributed by atoms with E-state index < -0.39 is 24.3 Å². The predicted molar refractivity (Wildman–Crippen MR) is 65.8 cm³/mol. The summed E-state index contributed by atoms with van der Waals surface area (Å²) in [6.07, 6.45) is 0.767. The number of amides is 1. The number of rotatable bonds is 4. The van der Waals surface area contributed by atoms with Crippen LogP contribution in [0.4, 0.5) is 5.82 Å². The first-order valence-electron chi connectivity index (χ1n) is 5.08. The van der Waals surface area contributed by atoms with E-state index in [4.69, 9.17) is 11.6 Å². The van der Waals surface area contributed by atoms with Gasteiger partial charge in [0.25, 0.3) is 0 Å². The van der Waals surface area contributed by atoms with Crippen molar-refractivity contribution in [2.45, 2.75) is 6.42 Å². The lowest BCUT2D eigenvalue weighted by Gasteiger charge is -2.08. The second-order valence-corrected chi connectivity index (χ2v) is 3.78. The van der Waals surface area contributed by atoms with Gasteiger partial charge in [0.05, 0.1) is 19.2 Å². The number of pyridine rings is 1. The van der Waals surface area contributed by atoms with Gasteiger partial charge in [-0.15, -0.1) is 0 Å². The minimum Gasteiger partial charge on any atom is -0.469 e. The summed E-state index contributed by atoms with van der Waals surface area (Å²) < 4.78 is 8.88. The molecule has 0 radical (unpaired) electrons. The minimum absolute atomic E-state index is 0.00628. The van der Waals surface area contributed by atoms with Crippen LogP contribution < -0.4 is 5.32 Å². The molecule has 0 spiro atoms. The molecular formula is C11H11ClN2O5. The average molecular weight is 287 g/mol. The van der Waals surface area contributed by atoms with E-state index in [0.717, 1.165) is 7.11 Å². The molecule has 7 nitrogen and oxygen atoms in total. The predicted octanol–water partition coefficient (Wildman–Crippen LogP) is 1.02. The van der Waals surface area contributed by atoms with Crippen LogP contribution in [0, 0.1) is 0 Å². The fourth-order valence-electron chi connectivity index (χ4n) is 1.18. The average Bonchev–Trinajstić information content (AvgIpc) is 2.39. The van der Waals surface area contributed by atoms with Gasteiger partial charge in [-0.05, 0) is 6.07 Å². The Balaban J connectivity index is 2.91. The standard InChI is InChI=1S/C11H11ClN2O5/c1-18-9(16)4-8(15)14-10-7(11(17)19-2)3-6(12)5-13-10/h3,5H,4H2,1-2H3,(H,13,14,15). The van der Waals surface area contributed by atoms with Crippen molar-refractivity contribution in [3.63, 3.8) is 0 Å². The van der Waals surface area contributed by atoms with E-state index in [1.807, 2.05) is 0 Å². The van der Waals surface area contributed by atoms with Crippen molar-refractivity contribution in [3.8, 4) is 0 Å².